The fourth-order valence-corrected chi connectivity index (χ4v) is 1.11. The summed E-state index contributed by atoms with van der Waals surface area (Å²) in [5, 5.41) is 0. The van der Waals surface area contributed by atoms with Gasteiger partial charge < -0.3 is 4.65 Å². The molecule has 0 radical (unpaired) electrons. The van der Waals surface area contributed by atoms with Gasteiger partial charge in [-0.15, -0.1) is 0 Å². The third-order valence-electron chi connectivity index (χ3n) is 1.63. The van der Waals surface area contributed by atoms with Crippen molar-refractivity contribution in [2.45, 2.75) is 6.61 Å². The molecule has 1 aliphatic heterocycles. The molecule has 0 saturated carbocycles. The summed E-state index contributed by atoms with van der Waals surface area (Å²) in [6, 6.07) is 8.33. The predicted octanol–water partition coefficient (Wildman–Crippen LogP) is 0.194. The Kier molecular flexibility index (Phi) is 1.06. The molecule has 0 aliphatic carbocycles. The molecule has 0 saturated heterocycles. The van der Waals surface area contributed by atoms with E-state index in [9.17, 15) is 0 Å². The summed E-state index contributed by atoms with van der Waals surface area (Å²) in [6.07, 6.45) is 0. The van der Waals surface area contributed by atoms with E-state index in [1.165, 1.54) is 11.0 Å². The lowest BCUT2D eigenvalue weighted by atomic mass is 9.88. The minimum absolute atomic E-state index is 0.802. The van der Waals surface area contributed by atoms with Gasteiger partial charge in [0, 0.05) is 0 Å². The van der Waals surface area contributed by atoms with Crippen LogP contribution in [0.25, 0.3) is 0 Å². The third kappa shape index (κ3) is 0.755. The molecule has 44 valence electrons. The Morgan fingerprint density at radius 2 is 2.22 bits per heavy atom. The van der Waals surface area contributed by atoms with E-state index < -0.39 is 0 Å². The van der Waals surface area contributed by atoms with Crippen LogP contribution in [0.15, 0.2) is 24.3 Å². The first-order valence-corrected chi connectivity index (χ1v) is 3.11. The fourth-order valence-electron chi connectivity index (χ4n) is 1.11. The highest BCUT2D eigenvalue weighted by molar-refractivity contribution is 6.48. The van der Waals surface area contributed by atoms with Gasteiger partial charge in [0.15, 0.2) is 0 Å². The summed E-state index contributed by atoms with van der Waals surface area (Å²) >= 11 is 0. The highest BCUT2D eigenvalue weighted by Gasteiger charge is 2.09. The van der Waals surface area contributed by atoms with Crippen LogP contribution in [0.5, 0.6) is 0 Å². The van der Waals surface area contributed by atoms with Gasteiger partial charge in [-0.1, -0.05) is 24.3 Å². The second-order valence-corrected chi connectivity index (χ2v) is 2.26. The van der Waals surface area contributed by atoms with Crippen LogP contribution < -0.4 is 5.46 Å². The Labute approximate surface area is 54.9 Å². The maximum Gasteiger partial charge on any atom is 0.309 e. The van der Waals surface area contributed by atoms with Crippen molar-refractivity contribution in [2.24, 2.45) is 0 Å². The van der Waals surface area contributed by atoms with Gasteiger partial charge in [0.05, 0.1) is 6.61 Å². The Bertz CT molecular complexity index is 199. The molecular weight excluding hydrogens is 111 g/mol. The fraction of sp³-hybridized carbons (Fsp3) is 0.143. The number of rotatable bonds is 0. The van der Waals surface area contributed by atoms with E-state index in [-0.39, 0.29) is 0 Å². The third-order valence-corrected chi connectivity index (χ3v) is 1.63. The van der Waals surface area contributed by atoms with Crippen molar-refractivity contribution in [3.8, 4) is 0 Å². The maximum absolute atomic E-state index is 5.21. The summed E-state index contributed by atoms with van der Waals surface area (Å²) in [6.45, 7) is 0.802. The zero-order valence-corrected chi connectivity index (χ0v) is 5.13. The van der Waals surface area contributed by atoms with E-state index in [0.717, 1.165) is 14.1 Å². The van der Waals surface area contributed by atoms with Crippen molar-refractivity contribution in [1.29, 1.82) is 0 Å². The van der Waals surface area contributed by atoms with Crippen molar-refractivity contribution in [1.82, 2.24) is 0 Å². The van der Waals surface area contributed by atoms with Crippen molar-refractivity contribution in [2.75, 3.05) is 0 Å². The molecule has 9 heavy (non-hydrogen) atoms. The normalized spacial score (nSPS) is 14.7. The van der Waals surface area contributed by atoms with Crippen LogP contribution in [0.1, 0.15) is 5.56 Å². The predicted molar refractivity (Wildman–Crippen MR) is 38.0 cm³/mol. The van der Waals surface area contributed by atoms with Crippen LogP contribution in [0.3, 0.4) is 0 Å². The highest BCUT2D eigenvalue weighted by atomic mass is 16.4. The molecule has 0 spiro atoms. The Morgan fingerprint density at radius 3 is 3.11 bits per heavy atom. The van der Waals surface area contributed by atoms with Crippen LogP contribution in [-0.4, -0.2) is 7.48 Å². The van der Waals surface area contributed by atoms with E-state index in [2.05, 4.69) is 12.1 Å². The molecule has 1 aliphatic rings. The molecule has 0 N–H and O–H groups in total. The zero-order valence-electron chi connectivity index (χ0n) is 5.13. The first-order chi connectivity index (χ1) is 4.47. The molecule has 2 heteroatoms. The first-order valence-electron chi connectivity index (χ1n) is 3.11. The Balaban J connectivity index is 2.54. The molecule has 0 fully saturated rings. The maximum atomic E-state index is 5.21. The number of hydrogen-bond donors (Lipinski definition) is 0. The summed E-state index contributed by atoms with van der Waals surface area (Å²) in [7, 11) is 0.802. The van der Waals surface area contributed by atoms with Crippen LogP contribution >= 0.6 is 0 Å². The molecule has 0 amide bonds. The number of hydrogen-bond acceptors (Lipinski definition) is 1. The average Bonchev–Trinajstić information content (AvgIpc) is 2.33. The van der Waals surface area contributed by atoms with Crippen molar-refractivity contribution >= 4 is 12.9 Å². The van der Waals surface area contributed by atoms with Gasteiger partial charge in [0.1, 0.15) is 0 Å². The topological polar surface area (TPSA) is 9.23 Å². The van der Waals surface area contributed by atoms with E-state index >= 15 is 0 Å². The van der Waals surface area contributed by atoms with Crippen LogP contribution in [0.2, 0.25) is 0 Å². The average molecular weight is 118 g/mol. The second kappa shape index (κ2) is 1.88. The summed E-state index contributed by atoms with van der Waals surface area (Å²) in [4.78, 5) is 0. The van der Waals surface area contributed by atoms with Crippen molar-refractivity contribution in [3.05, 3.63) is 29.8 Å². The van der Waals surface area contributed by atoms with Gasteiger partial charge in [-0.3, -0.25) is 0 Å². The molecule has 0 aromatic heterocycles. The molecule has 1 heterocycles. The monoisotopic (exact) mass is 118 g/mol. The molecule has 0 bridgehead atoms. The van der Waals surface area contributed by atoms with Crippen LogP contribution in [-0.2, 0) is 11.3 Å². The molecule has 1 nitrogen and oxygen atoms in total. The van der Waals surface area contributed by atoms with E-state index in [1.54, 1.807) is 0 Å². The van der Waals surface area contributed by atoms with Gasteiger partial charge in [-0.2, -0.15) is 0 Å². The smallest absolute Gasteiger partial charge is 0.309 e. The minimum atomic E-state index is 0.802. The zero-order chi connectivity index (χ0) is 6.10. The van der Waals surface area contributed by atoms with Crippen LogP contribution in [0, 0.1) is 0 Å². The summed E-state index contributed by atoms with van der Waals surface area (Å²) in [5.74, 6) is 0. The largest absolute Gasteiger partial charge is 0.430 e. The van der Waals surface area contributed by atoms with E-state index in [0.29, 0.717) is 0 Å². The SMILES string of the molecule is B1OCc2ccccc21. The van der Waals surface area contributed by atoms with Crippen molar-refractivity contribution < 1.29 is 4.65 Å². The molecule has 0 atom stereocenters. The highest BCUT2D eigenvalue weighted by Crippen LogP contribution is 2.02. The number of fused-ring (bicyclic) bond motifs is 1. The van der Waals surface area contributed by atoms with Gasteiger partial charge in [-0.25, -0.2) is 0 Å². The standard InChI is InChI=1S/C7H7BO/c1-2-4-7-6(3-1)5-9-8-7/h1-4,8H,5H2. The molecule has 0 unspecified atom stereocenters. The molecule has 1 aromatic carbocycles. The molecule has 1 aromatic rings. The van der Waals surface area contributed by atoms with Gasteiger partial charge >= 0.3 is 7.48 Å². The Morgan fingerprint density at radius 1 is 1.33 bits per heavy atom. The second-order valence-electron chi connectivity index (χ2n) is 2.26. The van der Waals surface area contributed by atoms with E-state index in [1.807, 2.05) is 12.1 Å². The lowest BCUT2D eigenvalue weighted by Crippen LogP contribution is -2.09. The lowest BCUT2D eigenvalue weighted by Gasteiger charge is -1.90. The quantitative estimate of drug-likeness (QED) is 0.442. The van der Waals surface area contributed by atoms with Gasteiger partial charge in [0.2, 0.25) is 0 Å². The van der Waals surface area contributed by atoms with Gasteiger partial charge in [0.25, 0.3) is 0 Å². The molecular formula is C7H7BO. The molecule has 2 rings (SSSR count). The van der Waals surface area contributed by atoms with Crippen LogP contribution in [0.4, 0.5) is 0 Å². The van der Waals surface area contributed by atoms with Crippen molar-refractivity contribution in [3.63, 3.8) is 0 Å². The number of benzene rings is 1. The minimum Gasteiger partial charge on any atom is -0.430 e. The van der Waals surface area contributed by atoms with Gasteiger partial charge in [-0.05, 0) is 11.0 Å². The summed E-state index contributed by atoms with van der Waals surface area (Å²) < 4.78 is 5.21. The van der Waals surface area contributed by atoms with E-state index in [4.69, 9.17) is 4.65 Å². The summed E-state index contributed by atoms with van der Waals surface area (Å²) in [5.41, 5.74) is 2.69. The lowest BCUT2D eigenvalue weighted by molar-refractivity contribution is 0.345. The Hall–Kier alpha value is -0.755. The first kappa shape index (κ1) is 5.06.